The van der Waals surface area contributed by atoms with Crippen LogP contribution in [0, 0.1) is 6.20 Å². The fourth-order valence-corrected chi connectivity index (χ4v) is 1.03. The third-order valence-corrected chi connectivity index (χ3v) is 1.57. The van der Waals surface area contributed by atoms with Crippen LogP contribution in [0.2, 0.25) is 0 Å². The van der Waals surface area contributed by atoms with E-state index in [1.165, 1.54) is 0 Å². The number of rotatable bonds is 0. The Labute approximate surface area is 114 Å². The molecule has 0 amide bonds. The van der Waals surface area contributed by atoms with E-state index in [1.807, 2.05) is 36.0 Å². The molecule has 0 aliphatic heterocycles. The third kappa shape index (κ3) is 1.80. The van der Waals surface area contributed by atoms with Crippen molar-refractivity contribution in [1.29, 1.82) is 0 Å². The van der Waals surface area contributed by atoms with Crippen LogP contribution in [0.5, 0.6) is 0 Å². The molecule has 0 atom stereocenters. The van der Waals surface area contributed by atoms with Gasteiger partial charge in [-0.2, -0.15) is 6.07 Å². The number of aryl methyl sites for hydroxylation is 1. The number of hydrogen-bond acceptors (Lipinski definition) is 1. The SMILES string of the molecule is Cn1n[c-]c2ccccc21.[Rb+]. The van der Waals surface area contributed by atoms with Crippen molar-refractivity contribution in [1.82, 2.24) is 9.78 Å². The van der Waals surface area contributed by atoms with E-state index < -0.39 is 0 Å². The average Bonchev–Trinajstić information content (AvgIpc) is 2.34. The van der Waals surface area contributed by atoms with E-state index in [0.717, 1.165) is 10.9 Å². The van der Waals surface area contributed by atoms with Gasteiger partial charge in [0.15, 0.2) is 0 Å². The molecule has 0 saturated heterocycles. The fraction of sp³-hybridized carbons (Fsp3) is 0.125. The van der Waals surface area contributed by atoms with Crippen molar-refractivity contribution in [3.8, 4) is 0 Å². The van der Waals surface area contributed by atoms with E-state index in [0.29, 0.717) is 0 Å². The van der Waals surface area contributed by atoms with E-state index >= 15 is 0 Å². The molecule has 0 radical (unpaired) electrons. The van der Waals surface area contributed by atoms with Gasteiger partial charge in [0.25, 0.3) is 0 Å². The van der Waals surface area contributed by atoms with Crippen LogP contribution in [-0.2, 0) is 7.05 Å². The number of para-hydroxylation sites is 1. The first-order chi connectivity index (χ1) is 4.88. The average molecular weight is 217 g/mol. The molecule has 1 aromatic heterocycles. The van der Waals surface area contributed by atoms with Crippen LogP contribution in [0.1, 0.15) is 0 Å². The van der Waals surface area contributed by atoms with Crippen molar-refractivity contribution in [2.75, 3.05) is 0 Å². The van der Waals surface area contributed by atoms with E-state index in [2.05, 4.69) is 11.3 Å². The van der Waals surface area contributed by atoms with Crippen LogP contribution < -0.4 is 58.2 Å². The fourth-order valence-electron chi connectivity index (χ4n) is 1.03. The summed E-state index contributed by atoms with van der Waals surface area (Å²) in [5.41, 5.74) is 1.13. The van der Waals surface area contributed by atoms with Gasteiger partial charge >= 0.3 is 58.2 Å². The molecule has 1 heterocycles. The van der Waals surface area contributed by atoms with Crippen LogP contribution in [0.15, 0.2) is 24.3 Å². The minimum absolute atomic E-state index is 0. The maximum absolute atomic E-state index is 3.99. The maximum atomic E-state index is 3.99. The Morgan fingerprint density at radius 1 is 1.36 bits per heavy atom. The van der Waals surface area contributed by atoms with Gasteiger partial charge in [-0.15, -0.1) is 11.5 Å². The number of nitrogens with zero attached hydrogens (tertiary/aromatic N) is 2. The summed E-state index contributed by atoms with van der Waals surface area (Å²) in [6.07, 6.45) is 2.90. The monoisotopic (exact) mass is 216 g/mol. The zero-order valence-corrected chi connectivity index (χ0v) is 11.6. The molecule has 0 unspecified atom stereocenters. The van der Waals surface area contributed by atoms with Gasteiger partial charge < -0.3 is 4.68 Å². The number of aromatic nitrogens is 2. The molecule has 0 bridgehead atoms. The van der Waals surface area contributed by atoms with Crippen molar-refractivity contribution in [2.24, 2.45) is 7.05 Å². The molecule has 0 saturated carbocycles. The molecule has 11 heavy (non-hydrogen) atoms. The minimum atomic E-state index is 0. The Morgan fingerprint density at radius 3 is 2.82 bits per heavy atom. The van der Waals surface area contributed by atoms with Gasteiger partial charge in [-0.3, -0.25) is 5.10 Å². The first-order valence-corrected chi connectivity index (χ1v) is 3.17. The largest absolute Gasteiger partial charge is 1.00 e. The summed E-state index contributed by atoms with van der Waals surface area (Å²) in [6, 6.07) is 8.01. The molecular weight excluding hydrogens is 210 g/mol. The van der Waals surface area contributed by atoms with Gasteiger partial charge in [0.1, 0.15) is 0 Å². The molecule has 50 valence electrons. The van der Waals surface area contributed by atoms with Gasteiger partial charge in [0.05, 0.1) is 0 Å². The summed E-state index contributed by atoms with van der Waals surface area (Å²) in [5.74, 6) is 0. The Hall–Kier alpha value is 0.495. The molecule has 2 rings (SSSR count). The van der Waals surface area contributed by atoms with Crippen molar-refractivity contribution in [3.63, 3.8) is 0 Å². The van der Waals surface area contributed by atoms with Crippen molar-refractivity contribution in [3.05, 3.63) is 30.5 Å². The second kappa shape index (κ2) is 3.94. The summed E-state index contributed by atoms with van der Waals surface area (Å²) < 4.78 is 1.81. The summed E-state index contributed by atoms with van der Waals surface area (Å²) in [5, 5.41) is 5.06. The van der Waals surface area contributed by atoms with Gasteiger partial charge in [-0.05, 0) is 11.7 Å². The third-order valence-electron chi connectivity index (χ3n) is 1.57. The second-order valence-corrected chi connectivity index (χ2v) is 2.25. The van der Waals surface area contributed by atoms with Crippen molar-refractivity contribution < 1.29 is 58.2 Å². The normalized spacial score (nSPS) is 9.55. The minimum Gasteiger partial charge on any atom is -0.334 e. The van der Waals surface area contributed by atoms with Crippen molar-refractivity contribution >= 4 is 10.9 Å². The molecule has 1 aromatic carbocycles. The Balaban J connectivity index is 0.000000605. The zero-order chi connectivity index (χ0) is 6.97. The topological polar surface area (TPSA) is 17.8 Å². The summed E-state index contributed by atoms with van der Waals surface area (Å²) in [7, 11) is 1.92. The molecule has 2 nitrogen and oxygen atoms in total. The van der Waals surface area contributed by atoms with E-state index in [4.69, 9.17) is 0 Å². The first-order valence-electron chi connectivity index (χ1n) is 3.17. The molecule has 0 aliphatic carbocycles. The molecule has 0 aliphatic rings. The van der Waals surface area contributed by atoms with Crippen LogP contribution in [0.25, 0.3) is 10.9 Å². The van der Waals surface area contributed by atoms with Crippen LogP contribution >= 0.6 is 0 Å². The standard InChI is InChI=1S/C8H7N2.Rb/c1-10-8-5-3-2-4-7(8)6-9-10;/h2-5H,1H3;/q-1;+1. The molecule has 3 heteroatoms. The predicted molar refractivity (Wildman–Crippen MR) is 39.6 cm³/mol. The van der Waals surface area contributed by atoms with Crippen LogP contribution in [0.3, 0.4) is 0 Å². The zero-order valence-electron chi connectivity index (χ0n) is 6.70. The molecule has 0 N–H and O–H groups in total. The van der Waals surface area contributed by atoms with Gasteiger partial charge in [0, 0.05) is 7.05 Å². The predicted octanol–water partition coefficient (Wildman–Crippen LogP) is -1.62. The summed E-state index contributed by atoms with van der Waals surface area (Å²) >= 11 is 0. The van der Waals surface area contributed by atoms with Gasteiger partial charge in [0.2, 0.25) is 0 Å². The van der Waals surface area contributed by atoms with Gasteiger partial charge in [-0.1, -0.05) is 12.1 Å². The van der Waals surface area contributed by atoms with Crippen LogP contribution in [0.4, 0.5) is 0 Å². The molecule has 0 spiro atoms. The van der Waals surface area contributed by atoms with Crippen LogP contribution in [-0.4, -0.2) is 9.78 Å². The van der Waals surface area contributed by atoms with E-state index in [1.54, 1.807) is 0 Å². The quantitative estimate of drug-likeness (QED) is 0.484. The Bertz CT molecular complexity index is 354. The molecular formula is C8H7N2Rb. The number of fused-ring (bicyclic) bond motifs is 1. The summed E-state index contributed by atoms with van der Waals surface area (Å²) in [4.78, 5) is 0. The maximum Gasteiger partial charge on any atom is 1.00 e. The Kier molecular flexibility index (Phi) is 3.43. The van der Waals surface area contributed by atoms with E-state index in [-0.39, 0.29) is 58.2 Å². The smallest absolute Gasteiger partial charge is 0.334 e. The molecule has 0 fully saturated rings. The van der Waals surface area contributed by atoms with E-state index in [9.17, 15) is 0 Å². The first kappa shape index (κ1) is 9.58. The summed E-state index contributed by atoms with van der Waals surface area (Å²) in [6.45, 7) is 0. The number of hydrogen-bond donors (Lipinski definition) is 0. The Morgan fingerprint density at radius 2 is 2.09 bits per heavy atom. The second-order valence-electron chi connectivity index (χ2n) is 2.25. The molecule has 2 aromatic rings. The number of benzene rings is 1. The van der Waals surface area contributed by atoms with Gasteiger partial charge in [-0.25, -0.2) is 0 Å². The van der Waals surface area contributed by atoms with Crippen molar-refractivity contribution in [2.45, 2.75) is 0 Å².